The summed E-state index contributed by atoms with van der Waals surface area (Å²) in [7, 11) is 1.34. The van der Waals surface area contributed by atoms with Gasteiger partial charge in [-0.05, 0) is 47.7 Å². The summed E-state index contributed by atoms with van der Waals surface area (Å²) in [6, 6.07) is 13.1. The monoisotopic (exact) mass is 629 g/mol. The summed E-state index contributed by atoms with van der Waals surface area (Å²) >= 11 is 12.2. The number of rotatable bonds is 7. The van der Waals surface area contributed by atoms with Crippen LogP contribution in [0.3, 0.4) is 0 Å². The Morgan fingerprint density at radius 2 is 1.88 bits per heavy atom. The predicted octanol–water partition coefficient (Wildman–Crippen LogP) is 7.76. The smallest absolute Gasteiger partial charge is 0.339 e. The van der Waals surface area contributed by atoms with E-state index < -0.39 is 41.0 Å². The zero-order chi connectivity index (χ0) is 31.7. The lowest BCUT2D eigenvalue weighted by Crippen LogP contribution is -2.44. The van der Waals surface area contributed by atoms with E-state index in [4.69, 9.17) is 27.9 Å². The van der Waals surface area contributed by atoms with Gasteiger partial charge in [-0.2, -0.15) is 5.26 Å². The molecule has 1 fully saturated rings. The molecule has 1 aliphatic rings. The number of methoxy groups -OCH3 is 1. The van der Waals surface area contributed by atoms with E-state index in [0.717, 1.165) is 6.07 Å². The molecule has 1 aliphatic heterocycles. The van der Waals surface area contributed by atoms with Crippen molar-refractivity contribution in [2.75, 3.05) is 13.7 Å². The van der Waals surface area contributed by atoms with E-state index in [-0.39, 0.29) is 51.0 Å². The SMILES string of the molecule is COc1cc(CNC(=O)N2C[C@@H](CC(C)(C)C)[C@](C#N)(c3ccc(Cl)cc3F)[C@H]2c2cccc(Cl)c2F)ccc1C(=O)O. The van der Waals surface area contributed by atoms with Gasteiger partial charge in [0, 0.05) is 35.2 Å². The van der Waals surface area contributed by atoms with E-state index in [9.17, 15) is 20.0 Å². The molecule has 3 atom stereocenters. The van der Waals surface area contributed by atoms with Gasteiger partial charge < -0.3 is 20.1 Å². The maximum atomic E-state index is 15.8. The largest absolute Gasteiger partial charge is 0.496 e. The number of ether oxygens (including phenoxy) is 1. The molecule has 1 heterocycles. The molecule has 4 rings (SSSR count). The molecule has 0 aromatic heterocycles. The number of aromatic carboxylic acids is 1. The average molecular weight is 631 g/mol. The summed E-state index contributed by atoms with van der Waals surface area (Å²) in [4.78, 5) is 26.8. The first-order valence-electron chi connectivity index (χ1n) is 13.5. The second kappa shape index (κ2) is 12.4. The molecule has 7 nitrogen and oxygen atoms in total. The first-order valence-corrected chi connectivity index (χ1v) is 14.2. The van der Waals surface area contributed by atoms with Crippen molar-refractivity contribution in [3.8, 4) is 11.8 Å². The number of likely N-dealkylation sites (tertiary alicyclic amines) is 1. The Bertz CT molecular complexity index is 1600. The highest BCUT2D eigenvalue weighted by Crippen LogP contribution is 2.56. The van der Waals surface area contributed by atoms with E-state index in [2.05, 4.69) is 11.4 Å². The molecule has 226 valence electrons. The molecule has 3 aromatic rings. The summed E-state index contributed by atoms with van der Waals surface area (Å²) < 4.78 is 36.7. The van der Waals surface area contributed by atoms with Crippen molar-refractivity contribution >= 4 is 35.2 Å². The van der Waals surface area contributed by atoms with E-state index in [1.165, 1.54) is 60.5 Å². The number of carbonyl (C=O) groups excluding carboxylic acids is 1. The predicted molar refractivity (Wildman–Crippen MR) is 159 cm³/mol. The molecule has 43 heavy (non-hydrogen) atoms. The van der Waals surface area contributed by atoms with Gasteiger partial charge >= 0.3 is 12.0 Å². The van der Waals surface area contributed by atoms with E-state index in [0.29, 0.717) is 12.0 Å². The highest BCUT2D eigenvalue weighted by molar-refractivity contribution is 6.31. The maximum absolute atomic E-state index is 15.8. The van der Waals surface area contributed by atoms with Gasteiger partial charge in [0.2, 0.25) is 0 Å². The lowest BCUT2D eigenvalue weighted by molar-refractivity contribution is 0.0693. The minimum absolute atomic E-state index is 0.00215. The van der Waals surface area contributed by atoms with Gasteiger partial charge in [0.25, 0.3) is 0 Å². The summed E-state index contributed by atoms with van der Waals surface area (Å²) in [5.74, 6) is -3.22. The van der Waals surface area contributed by atoms with Crippen molar-refractivity contribution in [2.24, 2.45) is 11.3 Å². The van der Waals surface area contributed by atoms with Crippen LogP contribution >= 0.6 is 23.2 Å². The molecule has 1 saturated heterocycles. The number of hydrogen-bond donors (Lipinski definition) is 2. The summed E-state index contributed by atoms with van der Waals surface area (Å²) in [5.41, 5.74) is -1.58. The first kappa shape index (κ1) is 32.1. The minimum atomic E-state index is -1.71. The van der Waals surface area contributed by atoms with Crippen molar-refractivity contribution < 1.29 is 28.2 Å². The Morgan fingerprint density at radius 3 is 2.49 bits per heavy atom. The normalized spacial score (nSPS) is 20.0. The Balaban J connectivity index is 1.85. The molecule has 0 unspecified atom stereocenters. The molecule has 2 amide bonds. The zero-order valence-corrected chi connectivity index (χ0v) is 25.6. The van der Waals surface area contributed by atoms with Gasteiger partial charge in [0.05, 0.1) is 24.2 Å². The van der Waals surface area contributed by atoms with Crippen LogP contribution in [0.1, 0.15) is 60.3 Å². The molecule has 11 heteroatoms. The summed E-state index contributed by atoms with van der Waals surface area (Å²) in [5, 5.41) is 23.0. The third-order valence-corrected chi connectivity index (χ3v) is 8.23. The van der Waals surface area contributed by atoms with Crippen molar-refractivity contribution in [1.82, 2.24) is 10.2 Å². The highest BCUT2D eigenvalue weighted by Gasteiger charge is 2.60. The molecular formula is C32H31Cl2F2N3O4. The maximum Gasteiger partial charge on any atom is 0.339 e. The van der Waals surface area contributed by atoms with Crippen molar-refractivity contribution in [1.29, 1.82) is 5.26 Å². The van der Waals surface area contributed by atoms with E-state index in [1.54, 1.807) is 0 Å². The standard InChI is InChI=1S/C32H31Cl2F2N3O4/c1-31(2,3)14-19-16-39(30(42)38-15-18-8-10-21(29(40)41)26(12-18)43-4)28(22-6-5-7-24(34)27(22)36)32(19,17-37)23-11-9-20(33)13-25(23)35/h5-13,19,28H,14-16H2,1-4H3,(H,38,42)(H,40,41)/t19-,28-,32-/m1/s1. The fourth-order valence-corrected chi connectivity index (χ4v) is 6.31. The van der Waals surface area contributed by atoms with Gasteiger partial charge in [0.15, 0.2) is 0 Å². The second-order valence-electron chi connectivity index (χ2n) is 11.8. The van der Waals surface area contributed by atoms with Crippen molar-refractivity contribution in [3.05, 3.63) is 98.5 Å². The fourth-order valence-electron chi connectivity index (χ4n) is 5.97. The van der Waals surface area contributed by atoms with Crippen LogP contribution in [0.2, 0.25) is 10.0 Å². The van der Waals surface area contributed by atoms with Crippen LogP contribution in [-0.2, 0) is 12.0 Å². The number of benzene rings is 3. The van der Waals surface area contributed by atoms with Gasteiger partial charge in [0.1, 0.15) is 28.4 Å². The summed E-state index contributed by atoms with van der Waals surface area (Å²) in [6.45, 7) is 5.89. The number of carboxylic acids is 1. The van der Waals surface area contributed by atoms with Crippen molar-refractivity contribution in [3.63, 3.8) is 0 Å². The Morgan fingerprint density at radius 1 is 1.16 bits per heavy atom. The van der Waals surface area contributed by atoms with Crippen LogP contribution in [0.25, 0.3) is 0 Å². The first-order chi connectivity index (χ1) is 20.2. The van der Waals surface area contributed by atoms with Crippen LogP contribution in [0.15, 0.2) is 54.6 Å². The van der Waals surface area contributed by atoms with Gasteiger partial charge in [-0.3, -0.25) is 0 Å². The van der Waals surface area contributed by atoms with Crippen LogP contribution in [-0.4, -0.2) is 35.7 Å². The Hall–Kier alpha value is -3.87. The Kier molecular flexibility index (Phi) is 9.24. The van der Waals surface area contributed by atoms with Crippen LogP contribution < -0.4 is 10.1 Å². The molecule has 0 bridgehead atoms. The number of amides is 2. The van der Waals surface area contributed by atoms with Gasteiger partial charge in [-0.25, -0.2) is 18.4 Å². The quantitative estimate of drug-likeness (QED) is 0.278. The number of carboxylic acid groups (broad SMARTS) is 1. The number of nitrogens with zero attached hydrogens (tertiary/aromatic N) is 2. The van der Waals surface area contributed by atoms with E-state index in [1.807, 2.05) is 20.8 Å². The number of hydrogen-bond acceptors (Lipinski definition) is 4. The van der Waals surface area contributed by atoms with Gasteiger partial charge in [-0.15, -0.1) is 0 Å². The average Bonchev–Trinajstić information content (AvgIpc) is 3.25. The van der Waals surface area contributed by atoms with Crippen LogP contribution in [0, 0.1) is 34.3 Å². The van der Waals surface area contributed by atoms with Crippen LogP contribution in [0.5, 0.6) is 5.75 Å². The minimum Gasteiger partial charge on any atom is -0.496 e. The zero-order valence-electron chi connectivity index (χ0n) is 24.1. The molecule has 0 radical (unpaired) electrons. The number of halogens is 4. The molecule has 2 N–H and O–H groups in total. The van der Waals surface area contributed by atoms with Crippen LogP contribution in [0.4, 0.5) is 13.6 Å². The summed E-state index contributed by atoms with van der Waals surface area (Å²) in [6.07, 6.45) is 0.402. The number of nitrogens with one attached hydrogen (secondary N) is 1. The topological polar surface area (TPSA) is 103 Å². The molecular weight excluding hydrogens is 599 g/mol. The number of nitriles is 1. The lowest BCUT2D eigenvalue weighted by Gasteiger charge is -2.38. The third kappa shape index (κ3) is 6.27. The Labute approximate surface area is 259 Å². The molecule has 0 saturated carbocycles. The fraction of sp³-hybridized carbons (Fsp3) is 0.344. The lowest BCUT2D eigenvalue weighted by atomic mass is 9.63. The number of carbonyl (C=O) groups is 2. The van der Waals surface area contributed by atoms with Gasteiger partial charge in [-0.1, -0.05) is 68.2 Å². The molecule has 0 aliphatic carbocycles. The third-order valence-electron chi connectivity index (χ3n) is 7.70. The highest BCUT2D eigenvalue weighted by atomic mass is 35.5. The van der Waals surface area contributed by atoms with Crippen molar-refractivity contribution in [2.45, 2.75) is 45.2 Å². The number of urea groups is 1. The van der Waals surface area contributed by atoms with E-state index >= 15 is 8.78 Å². The molecule has 0 spiro atoms. The second-order valence-corrected chi connectivity index (χ2v) is 12.6. The molecule has 3 aromatic carbocycles.